The molecule has 1 saturated heterocycles. The molecule has 1 saturated carbocycles. The first-order valence-corrected chi connectivity index (χ1v) is 10.9. The predicted octanol–water partition coefficient (Wildman–Crippen LogP) is 4.05. The molecule has 8 heteroatoms. The van der Waals surface area contributed by atoms with E-state index in [0.29, 0.717) is 13.1 Å². The lowest BCUT2D eigenvalue weighted by Gasteiger charge is -2.38. The number of likely N-dealkylation sites (tertiary alicyclic amines) is 1. The maximum absolute atomic E-state index is 12.6. The lowest BCUT2D eigenvalue weighted by molar-refractivity contribution is -0.402. The molecule has 0 unspecified atom stereocenters. The quantitative estimate of drug-likeness (QED) is 0.601. The van der Waals surface area contributed by atoms with Crippen LogP contribution in [0.2, 0.25) is 0 Å². The van der Waals surface area contributed by atoms with Crippen LogP contribution in [0.1, 0.15) is 81.2 Å². The van der Waals surface area contributed by atoms with Crippen LogP contribution in [-0.2, 0) is 4.79 Å². The van der Waals surface area contributed by atoms with Crippen LogP contribution < -0.4 is 5.32 Å². The number of furan rings is 1. The first-order valence-electron chi connectivity index (χ1n) is 10.9. The standard InChI is InChI=1S/C21H31N3O5/c25-20(22-17-10-8-6-4-2-1-3-5-7-9-11-17)16-14-23(15-16)21(26)18-12-13-19(29-18)24(27)28/h12-13,16-17H,1-11,14-15H2,(H,22,25). The van der Waals surface area contributed by atoms with Gasteiger partial charge in [-0.1, -0.05) is 57.8 Å². The summed E-state index contributed by atoms with van der Waals surface area (Å²) in [6.45, 7) is 0.651. The first kappa shape index (κ1) is 21.3. The molecule has 29 heavy (non-hydrogen) atoms. The zero-order valence-electron chi connectivity index (χ0n) is 16.9. The van der Waals surface area contributed by atoms with E-state index in [1.807, 2.05) is 0 Å². The van der Waals surface area contributed by atoms with Crippen molar-refractivity contribution in [3.8, 4) is 0 Å². The Balaban J connectivity index is 1.44. The van der Waals surface area contributed by atoms with Crippen LogP contribution in [-0.4, -0.2) is 40.8 Å². The van der Waals surface area contributed by atoms with E-state index < -0.39 is 16.7 Å². The molecule has 0 atom stereocenters. The zero-order chi connectivity index (χ0) is 20.6. The summed E-state index contributed by atoms with van der Waals surface area (Å²) in [6, 6.07) is 2.69. The summed E-state index contributed by atoms with van der Waals surface area (Å²) in [5.41, 5.74) is 0. The van der Waals surface area contributed by atoms with E-state index in [1.165, 1.54) is 62.0 Å². The minimum atomic E-state index is -0.675. The van der Waals surface area contributed by atoms with Gasteiger partial charge in [-0.15, -0.1) is 0 Å². The molecule has 2 aliphatic rings. The van der Waals surface area contributed by atoms with E-state index in [4.69, 9.17) is 4.42 Å². The second kappa shape index (κ2) is 10.4. The van der Waals surface area contributed by atoms with Crippen molar-refractivity contribution < 1.29 is 18.9 Å². The van der Waals surface area contributed by atoms with Gasteiger partial charge >= 0.3 is 5.88 Å². The van der Waals surface area contributed by atoms with Crippen molar-refractivity contribution >= 4 is 17.7 Å². The Labute approximate surface area is 171 Å². The highest BCUT2D eigenvalue weighted by Gasteiger charge is 2.38. The third kappa shape index (κ3) is 6.05. The number of carbonyl (C=O) groups is 2. The molecular formula is C21H31N3O5. The van der Waals surface area contributed by atoms with Crippen molar-refractivity contribution in [1.29, 1.82) is 0 Å². The van der Waals surface area contributed by atoms with Crippen LogP contribution in [0.4, 0.5) is 5.88 Å². The predicted molar refractivity (Wildman–Crippen MR) is 107 cm³/mol. The van der Waals surface area contributed by atoms with Crippen LogP contribution in [0.25, 0.3) is 0 Å². The van der Waals surface area contributed by atoms with Crippen molar-refractivity contribution in [3.63, 3.8) is 0 Å². The molecule has 0 spiro atoms. The van der Waals surface area contributed by atoms with Gasteiger partial charge in [0.2, 0.25) is 5.91 Å². The number of hydrogen-bond acceptors (Lipinski definition) is 5. The van der Waals surface area contributed by atoms with E-state index in [1.54, 1.807) is 0 Å². The summed E-state index contributed by atoms with van der Waals surface area (Å²) in [5, 5.41) is 13.9. The smallest absolute Gasteiger partial charge is 0.395 e. The molecular weight excluding hydrogens is 374 g/mol. The minimum Gasteiger partial charge on any atom is -0.395 e. The molecule has 2 heterocycles. The Kier molecular flexibility index (Phi) is 7.66. The average molecular weight is 405 g/mol. The summed E-state index contributed by atoms with van der Waals surface area (Å²) >= 11 is 0. The number of nitrogens with zero attached hydrogens (tertiary/aromatic N) is 2. The van der Waals surface area contributed by atoms with Crippen molar-refractivity contribution in [2.45, 2.75) is 76.7 Å². The van der Waals surface area contributed by atoms with Crippen molar-refractivity contribution in [3.05, 3.63) is 28.0 Å². The van der Waals surface area contributed by atoms with Gasteiger partial charge in [-0.05, 0) is 18.9 Å². The summed E-state index contributed by atoms with van der Waals surface area (Å²) in [4.78, 5) is 36.4. The molecule has 1 aliphatic carbocycles. The summed E-state index contributed by atoms with van der Waals surface area (Å²) in [5.74, 6) is -1.13. The highest BCUT2D eigenvalue weighted by Crippen LogP contribution is 2.23. The van der Waals surface area contributed by atoms with Gasteiger partial charge in [-0.2, -0.15) is 0 Å². The summed E-state index contributed by atoms with van der Waals surface area (Å²) in [6.07, 6.45) is 13.4. The average Bonchev–Trinajstić information content (AvgIpc) is 3.13. The Morgan fingerprint density at radius 2 is 1.52 bits per heavy atom. The lowest BCUT2D eigenvalue weighted by atomic mass is 9.95. The molecule has 8 nitrogen and oxygen atoms in total. The molecule has 1 aromatic rings. The van der Waals surface area contributed by atoms with Gasteiger partial charge < -0.3 is 14.6 Å². The second-order valence-electron chi connectivity index (χ2n) is 8.27. The fraction of sp³-hybridized carbons (Fsp3) is 0.714. The van der Waals surface area contributed by atoms with Gasteiger partial charge in [0.05, 0.1) is 12.0 Å². The molecule has 0 radical (unpaired) electrons. The van der Waals surface area contributed by atoms with E-state index in [-0.39, 0.29) is 23.6 Å². The van der Waals surface area contributed by atoms with E-state index in [9.17, 15) is 19.7 Å². The highest BCUT2D eigenvalue weighted by atomic mass is 16.6. The van der Waals surface area contributed by atoms with Gasteiger partial charge in [0, 0.05) is 19.1 Å². The largest absolute Gasteiger partial charge is 0.433 e. The van der Waals surface area contributed by atoms with E-state index in [2.05, 4.69) is 5.32 Å². The lowest BCUT2D eigenvalue weighted by Crippen LogP contribution is -2.56. The number of hydrogen-bond donors (Lipinski definition) is 1. The molecule has 0 bridgehead atoms. The maximum atomic E-state index is 12.6. The molecule has 1 N–H and O–H groups in total. The number of amides is 2. The Bertz CT molecular complexity index is 699. The Morgan fingerprint density at radius 1 is 0.966 bits per heavy atom. The van der Waals surface area contributed by atoms with Gasteiger partial charge in [-0.25, -0.2) is 0 Å². The van der Waals surface area contributed by atoms with Gasteiger partial charge in [0.15, 0.2) is 5.76 Å². The molecule has 160 valence electrons. The van der Waals surface area contributed by atoms with Crippen LogP contribution in [0.3, 0.4) is 0 Å². The molecule has 0 aromatic carbocycles. The number of nitrogens with one attached hydrogen (secondary N) is 1. The van der Waals surface area contributed by atoms with Crippen LogP contribution in [0.5, 0.6) is 0 Å². The van der Waals surface area contributed by atoms with Crippen LogP contribution in [0.15, 0.2) is 16.5 Å². The monoisotopic (exact) mass is 405 g/mol. The third-order valence-electron chi connectivity index (χ3n) is 5.97. The number of nitro groups is 1. The second-order valence-corrected chi connectivity index (χ2v) is 8.27. The summed E-state index contributed by atoms with van der Waals surface area (Å²) < 4.78 is 4.96. The topological polar surface area (TPSA) is 106 Å². The summed E-state index contributed by atoms with van der Waals surface area (Å²) in [7, 11) is 0. The zero-order valence-corrected chi connectivity index (χ0v) is 16.9. The van der Waals surface area contributed by atoms with Crippen molar-refractivity contribution in [1.82, 2.24) is 10.2 Å². The van der Waals surface area contributed by atoms with Crippen molar-refractivity contribution in [2.24, 2.45) is 5.92 Å². The Hall–Kier alpha value is -2.38. The van der Waals surface area contributed by atoms with E-state index >= 15 is 0 Å². The van der Waals surface area contributed by atoms with Crippen LogP contribution >= 0.6 is 0 Å². The highest BCUT2D eigenvalue weighted by molar-refractivity contribution is 5.94. The molecule has 2 fully saturated rings. The normalized spacial score (nSPS) is 20.2. The molecule has 3 rings (SSSR count). The fourth-order valence-corrected chi connectivity index (χ4v) is 4.13. The SMILES string of the molecule is O=C(NC1CCCCCCCCCCC1)C1CN(C(=O)c2ccc([N+](=O)[O-])o2)C1. The third-order valence-corrected chi connectivity index (χ3v) is 5.97. The number of rotatable bonds is 4. The maximum Gasteiger partial charge on any atom is 0.433 e. The molecule has 1 aliphatic heterocycles. The minimum absolute atomic E-state index is 0.0107. The number of carbonyl (C=O) groups excluding carboxylic acids is 2. The van der Waals surface area contributed by atoms with Gasteiger partial charge in [0.25, 0.3) is 5.91 Å². The van der Waals surface area contributed by atoms with Gasteiger partial charge in [-0.3, -0.25) is 19.7 Å². The van der Waals surface area contributed by atoms with E-state index in [0.717, 1.165) is 25.7 Å². The molecule has 1 aromatic heterocycles. The van der Waals surface area contributed by atoms with Crippen LogP contribution in [0, 0.1) is 16.0 Å². The molecule has 2 amide bonds. The van der Waals surface area contributed by atoms with Gasteiger partial charge in [0.1, 0.15) is 4.92 Å². The fourth-order valence-electron chi connectivity index (χ4n) is 4.13. The first-order chi connectivity index (χ1) is 14.0. The Morgan fingerprint density at radius 3 is 2.03 bits per heavy atom. The van der Waals surface area contributed by atoms with Crippen molar-refractivity contribution in [2.75, 3.05) is 13.1 Å².